The maximum atomic E-state index is 13.2. The lowest BCUT2D eigenvalue weighted by Crippen LogP contribution is -2.46. The summed E-state index contributed by atoms with van der Waals surface area (Å²) in [6, 6.07) is 5.67. The van der Waals surface area contributed by atoms with Crippen LogP contribution in [0.2, 0.25) is 0 Å². The van der Waals surface area contributed by atoms with E-state index in [0.717, 1.165) is 37.9 Å². The van der Waals surface area contributed by atoms with Crippen molar-refractivity contribution in [2.75, 3.05) is 20.8 Å². The molecule has 0 radical (unpaired) electrons. The highest BCUT2D eigenvalue weighted by atomic mass is 16.5. The fourth-order valence-electron chi connectivity index (χ4n) is 3.46. The van der Waals surface area contributed by atoms with Crippen LogP contribution in [0.5, 0.6) is 11.5 Å². The number of piperidine rings is 1. The first-order valence-electron chi connectivity index (χ1n) is 8.65. The number of hydrogen-bond donors (Lipinski definition) is 0. The van der Waals surface area contributed by atoms with E-state index in [4.69, 9.17) is 9.47 Å². The zero-order valence-corrected chi connectivity index (χ0v) is 15.1. The van der Waals surface area contributed by atoms with Gasteiger partial charge in [0.25, 0.3) is 5.91 Å². The minimum atomic E-state index is 0.0217. The predicted molar refractivity (Wildman–Crippen MR) is 95.2 cm³/mol. The molecule has 2 aromatic rings. The van der Waals surface area contributed by atoms with Crippen molar-refractivity contribution in [2.45, 2.75) is 38.8 Å². The topological polar surface area (TPSA) is 56.6 Å². The number of carbonyl (C=O) groups excluding carboxylic acids is 1. The van der Waals surface area contributed by atoms with Crippen LogP contribution < -0.4 is 9.47 Å². The van der Waals surface area contributed by atoms with Gasteiger partial charge in [-0.1, -0.05) is 0 Å². The molecule has 1 atom stereocenters. The molecule has 6 heteroatoms. The summed E-state index contributed by atoms with van der Waals surface area (Å²) in [5.74, 6) is 1.36. The summed E-state index contributed by atoms with van der Waals surface area (Å²) in [7, 11) is 3.22. The van der Waals surface area contributed by atoms with Crippen LogP contribution in [0.15, 0.2) is 30.6 Å². The summed E-state index contributed by atoms with van der Waals surface area (Å²) < 4.78 is 12.7. The van der Waals surface area contributed by atoms with Gasteiger partial charge >= 0.3 is 0 Å². The summed E-state index contributed by atoms with van der Waals surface area (Å²) >= 11 is 0. The maximum absolute atomic E-state index is 13.2. The van der Waals surface area contributed by atoms with Crippen LogP contribution in [0.3, 0.4) is 0 Å². The second kappa shape index (κ2) is 7.59. The lowest BCUT2D eigenvalue weighted by atomic mass is 10.00. The Kier molecular flexibility index (Phi) is 5.26. The van der Waals surface area contributed by atoms with E-state index in [0.29, 0.717) is 17.1 Å². The molecule has 6 nitrogen and oxygen atoms in total. The number of carbonyl (C=O) groups is 1. The maximum Gasteiger partial charge on any atom is 0.254 e. The fraction of sp³-hybridized carbons (Fsp3) is 0.474. The molecular weight excluding hydrogens is 318 g/mol. The zero-order valence-electron chi connectivity index (χ0n) is 15.1. The molecule has 0 N–H and O–H groups in total. The van der Waals surface area contributed by atoms with Gasteiger partial charge in [0.15, 0.2) is 0 Å². The van der Waals surface area contributed by atoms with Gasteiger partial charge in [-0.3, -0.25) is 9.48 Å². The van der Waals surface area contributed by atoms with Crippen molar-refractivity contribution in [2.24, 2.45) is 0 Å². The molecule has 0 saturated carbocycles. The van der Waals surface area contributed by atoms with E-state index in [1.54, 1.807) is 32.5 Å². The van der Waals surface area contributed by atoms with Gasteiger partial charge < -0.3 is 14.4 Å². The third-order valence-corrected chi connectivity index (χ3v) is 4.84. The molecule has 134 valence electrons. The Hall–Kier alpha value is -2.50. The Morgan fingerprint density at radius 3 is 2.56 bits per heavy atom. The van der Waals surface area contributed by atoms with E-state index < -0.39 is 0 Å². The summed E-state index contributed by atoms with van der Waals surface area (Å²) in [5.41, 5.74) is 1.50. The lowest BCUT2D eigenvalue weighted by molar-refractivity contribution is 0.0583. The number of benzene rings is 1. The molecule has 2 heterocycles. The van der Waals surface area contributed by atoms with Gasteiger partial charge in [0.1, 0.15) is 11.5 Å². The number of nitrogens with zero attached hydrogens (tertiary/aromatic N) is 3. The van der Waals surface area contributed by atoms with E-state index in [2.05, 4.69) is 5.10 Å². The van der Waals surface area contributed by atoms with Crippen LogP contribution in [0.1, 0.15) is 35.2 Å². The fourth-order valence-corrected chi connectivity index (χ4v) is 3.46. The van der Waals surface area contributed by atoms with Crippen molar-refractivity contribution in [3.63, 3.8) is 0 Å². The van der Waals surface area contributed by atoms with Crippen LogP contribution in [0.25, 0.3) is 0 Å². The van der Waals surface area contributed by atoms with Gasteiger partial charge in [0.05, 0.1) is 26.8 Å². The summed E-state index contributed by atoms with van der Waals surface area (Å²) in [6.07, 6.45) is 6.86. The minimum Gasteiger partial charge on any atom is -0.496 e. The van der Waals surface area contributed by atoms with Gasteiger partial charge in [0, 0.05) is 30.1 Å². The Labute approximate surface area is 148 Å². The number of likely N-dealkylation sites (tertiary alicyclic amines) is 1. The molecule has 1 aromatic carbocycles. The van der Waals surface area contributed by atoms with Crippen molar-refractivity contribution in [1.82, 2.24) is 14.7 Å². The number of amides is 1. The summed E-state index contributed by atoms with van der Waals surface area (Å²) in [5, 5.41) is 4.28. The highest BCUT2D eigenvalue weighted by Crippen LogP contribution is 2.31. The zero-order chi connectivity index (χ0) is 17.8. The first kappa shape index (κ1) is 17.3. The minimum absolute atomic E-state index is 0.0217. The average Bonchev–Trinajstić information content (AvgIpc) is 3.15. The Morgan fingerprint density at radius 2 is 1.96 bits per heavy atom. The van der Waals surface area contributed by atoms with Crippen molar-refractivity contribution in [3.05, 3.63) is 41.7 Å². The number of aromatic nitrogens is 2. The summed E-state index contributed by atoms with van der Waals surface area (Å²) in [6.45, 7) is 3.41. The lowest BCUT2D eigenvalue weighted by Gasteiger charge is -2.36. The molecule has 0 aliphatic carbocycles. The van der Waals surface area contributed by atoms with Gasteiger partial charge in [-0.25, -0.2) is 0 Å². The van der Waals surface area contributed by atoms with Gasteiger partial charge in [-0.15, -0.1) is 0 Å². The predicted octanol–water partition coefficient (Wildman–Crippen LogP) is 2.90. The van der Waals surface area contributed by atoms with Gasteiger partial charge in [-0.05, 0) is 44.4 Å². The van der Waals surface area contributed by atoms with Crippen molar-refractivity contribution in [1.29, 1.82) is 0 Å². The van der Waals surface area contributed by atoms with Crippen LogP contribution in [-0.4, -0.2) is 47.4 Å². The molecule has 1 saturated heterocycles. The third-order valence-electron chi connectivity index (χ3n) is 4.84. The molecule has 1 unspecified atom stereocenters. The number of ether oxygens (including phenoxy) is 2. The Balaban J connectivity index is 1.87. The quantitative estimate of drug-likeness (QED) is 0.838. The smallest absolute Gasteiger partial charge is 0.254 e. The van der Waals surface area contributed by atoms with Gasteiger partial charge in [0.2, 0.25) is 0 Å². The Bertz CT molecular complexity index is 703. The normalized spacial score (nSPS) is 17.4. The monoisotopic (exact) mass is 343 g/mol. The molecule has 25 heavy (non-hydrogen) atoms. The Morgan fingerprint density at radius 1 is 1.24 bits per heavy atom. The van der Waals surface area contributed by atoms with Crippen LogP contribution in [0.4, 0.5) is 0 Å². The van der Waals surface area contributed by atoms with Crippen molar-refractivity contribution < 1.29 is 14.3 Å². The molecule has 1 aromatic heterocycles. The second-order valence-corrected chi connectivity index (χ2v) is 6.38. The number of hydrogen-bond acceptors (Lipinski definition) is 4. The third kappa shape index (κ3) is 3.62. The van der Waals surface area contributed by atoms with Gasteiger partial charge in [-0.2, -0.15) is 5.10 Å². The standard InChI is InChI=1S/C19H25N3O3/c1-14-17(24-2)11-15(12-18(14)25-3)19(23)22-10-5-4-7-16(22)13-21-9-6-8-20-21/h6,8-9,11-12,16H,4-5,7,10,13H2,1-3H3. The first-order chi connectivity index (χ1) is 12.1. The van der Waals surface area contributed by atoms with E-state index >= 15 is 0 Å². The molecule has 1 fully saturated rings. The highest BCUT2D eigenvalue weighted by Gasteiger charge is 2.28. The molecule has 0 spiro atoms. The first-order valence-corrected chi connectivity index (χ1v) is 8.65. The van der Waals surface area contributed by atoms with Crippen molar-refractivity contribution >= 4 is 5.91 Å². The SMILES string of the molecule is COc1cc(C(=O)N2CCCCC2Cn2cccn2)cc(OC)c1C. The van der Waals surface area contributed by atoms with Crippen LogP contribution in [0, 0.1) is 6.92 Å². The largest absolute Gasteiger partial charge is 0.496 e. The van der Waals surface area contributed by atoms with E-state index in [-0.39, 0.29) is 11.9 Å². The van der Waals surface area contributed by atoms with Crippen molar-refractivity contribution in [3.8, 4) is 11.5 Å². The molecule has 3 rings (SSSR count). The van der Waals surface area contributed by atoms with E-state index in [1.807, 2.05) is 28.8 Å². The second-order valence-electron chi connectivity index (χ2n) is 6.38. The molecule has 1 aliphatic heterocycles. The number of rotatable bonds is 5. The molecule has 1 amide bonds. The van der Waals surface area contributed by atoms with Crippen LogP contribution in [-0.2, 0) is 6.54 Å². The average molecular weight is 343 g/mol. The van der Waals surface area contributed by atoms with E-state index in [9.17, 15) is 4.79 Å². The molecule has 0 bridgehead atoms. The summed E-state index contributed by atoms with van der Waals surface area (Å²) in [4.78, 5) is 15.1. The molecular formula is C19H25N3O3. The molecule has 1 aliphatic rings. The van der Waals surface area contributed by atoms with E-state index in [1.165, 1.54) is 0 Å². The van der Waals surface area contributed by atoms with Crippen LogP contribution >= 0.6 is 0 Å². The number of methoxy groups -OCH3 is 2. The highest BCUT2D eigenvalue weighted by molar-refractivity contribution is 5.95.